The monoisotopic (exact) mass is 306 g/mol. The van der Waals surface area contributed by atoms with Gasteiger partial charge in [-0.3, -0.25) is 9.69 Å². The SMILES string of the molecule is C[C@@H](C(=O)NCc1cccs1)N(C)Cc1cccc(F)c1. The van der Waals surface area contributed by atoms with E-state index in [1.54, 1.807) is 17.4 Å². The van der Waals surface area contributed by atoms with Crippen LogP contribution in [0.15, 0.2) is 41.8 Å². The number of carbonyl (C=O) groups excluding carboxylic acids is 1. The second kappa shape index (κ2) is 7.33. The number of nitrogens with zero attached hydrogens (tertiary/aromatic N) is 1. The molecule has 3 nitrogen and oxygen atoms in total. The van der Waals surface area contributed by atoms with Crippen LogP contribution in [-0.4, -0.2) is 23.9 Å². The summed E-state index contributed by atoms with van der Waals surface area (Å²) in [6.45, 7) is 2.93. The Hall–Kier alpha value is -1.72. The van der Waals surface area contributed by atoms with Gasteiger partial charge in [0.2, 0.25) is 5.91 Å². The molecule has 21 heavy (non-hydrogen) atoms. The number of amides is 1. The topological polar surface area (TPSA) is 32.3 Å². The van der Waals surface area contributed by atoms with E-state index in [-0.39, 0.29) is 17.8 Å². The van der Waals surface area contributed by atoms with Crippen molar-refractivity contribution in [2.45, 2.75) is 26.1 Å². The third kappa shape index (κ3) is 4.65. The summed E-state index contributed by atoms with van der Waals surface area (Å²) in [5.41, 5.74) is 0.857. The second-order valence-electron chi connectivity index (χ2n) is 5.02. The molecule has 5 heteroatoms. The van der Waals surface area contributed by atoms with Crippen molar-refractivity contribution in [3.8, 4) is 0 Å². The Kier molecular flexibility index (Phi) is 5.47. The molecule has 1 aromatic carbocycles. The lowest BCUT2D eigenvalue weighted by Crippen LogP contribution is -2.42. The van der Waals surface area contributed by atoms with E-state index >= 15 is 0 Å². The summed E-state index contributed by atoms with van der Waals surface area (Å²) < 4.78 is 13.2. The number of rotatable bonds is 6. The highest BCUT2D eigenvalue weighted by atomic mass is 32.1. The van der Waals surface area contributed by atoms with E-state index in [9.17, 15) is 9.18 Å². The first-order chi connectivity index (χ1) is 10.1. The van der Waals surface area contributed by atoms with Crippen LogP contribution in [0.1, 0.15) is 17.4 Å². The Balaban J connectivity index is 1.86. The third-order valence-electron chi connectivity index (χ3n) is 3.38. The zero-order valence-electron chi connectivity index (χ0n) is 12.2. The lowest BCUT2D eigenvalue weighted by Gasteiger charge is -2.23. The first-order valence-electron chi connectivity index (χ1n) is 6.81. The van der Waals surface area contributed by atoms with Crippen LogP contribution >= 0.6 is 11.3 Å². The molecule has 2 rings (SSSR count). The fourth-order valence-corrected chi connectivity index (χ4v) is 2.64. The predicted octanol–water partition coefficient (Wildman–Crippen LogP) is 3.02. The molecule has 0 aliphatic rings. The first-order valence-corrected chi connectivity index (χ1v) is 7.69. The molecule has 1 amide bonds. The van der Waals surface area contributed by atoms with Crippen LogP contribution in [0.25, 0.3) is 0 Å². The molecule has 0 saturated heterocycles. The van der Waals surface area contributed by atoms with Crippen molar-refractivity contribution in [1.82, 2.24) is 10.2 Å². The fraction of sp³-hybridized carbons (Fsp3) is 0.312. The summed E-state index contributed by atoms with van der Waals surface area (Å²) in [5.74, 6) is -0.280. The Morgan fingerprint density at radius 1 is 1.38 bits per heavy atom. The summed E-state index contributed by atoms with van der Waals surface area (Å²) in [6, 6.07) is 10.1. The van der Waals surface area contributed by atoms with Crippen LogP contribution in [0.3, 0.4) is 0 Å². The molecule has 0 fully saturated rings. The van der Waals surface area contributed by atoms with Crippen molar-refractivity contribution in [2.24, 2.45) is 0 Å². The van der Waals surface area contributed by atoms with Crippen molar-refractivity contribution in [3.05, 3.63) is 58.0 Å². The summed E-state index contributed by atoms with van der Waals surface area (Å²) in [4.78, 5) is 15.1. The largest absolute Gasteiger partial charge is 0.350 e. The number of thiophene rings is 1. The van der Waals surface area contributed by atoms with Gasteiger partial charge in [0.25, 0.3) is 0 Å². The Morgan fingerprint density at radius 3 is 2.86 bits per heavy atom. The Labute approximate surface area is 128 Å². The average Bonchev–Trinajstić information content (AvgIpc) is 2.97. The van der Waals surface area contributed by atoms with Crippen LogP contribution in [0.2, 0.25) is 0 Å². The van der Waals surface area contributed by atoms with E-state index in [1.165, 1.54) is 12.1 Å². The van der Waals surface area contributed by atoms with E-state index in [1.807, 2.05) is 42.5 Å². The lowest BCUT2D eigenvalue weighted by molar-refractivity contribution is -0.125. The molecule has 0 aliphatic carbocycles. The van der Waals surface area contributed by atoms with E-state index in [0.717, 1.165) is 10.4 Å². The number of likely N-dealkylation sites (N-methyl/N-ethyl adjacent to an activating group) is 1. The fourth-order valence-electron chi connectivity index (χ4n) is 2.00. The molecular weight excluding hydrogens is 287 g/mol. The van der Waals surface area contributed by atoms with Crippen LogP contribution < -0.4 is 5.32 Å². The van der Waals surface area contributed by atoms with Crippen molar-refractivity contribution in [3.63, 3.8) is 0 Å². The normalized spacial score (nSPS) is 12.4. The predicted molar refractivity (Wildman–Crippen MR) is 83.5 cm³/mol. The highest BCUT2D eigenvalue weighted by Gasteiger charge is 2.18. The van der Waals surface area contributed by atoms with Crippen molar-refractivity contribution >= 4 is 17.2 Å². The maximum Gasteiger partial charge on any atom is 0.237 e. The van der Waals surface area contributed by atoms with Gasteiger partial charge in [-0.05, 0) is 43.1 Å². The standard InChI is InChI=1S/C16H19FN2OS/c1-12(16(20)18-10-15-7-4-8-21-15)19(2)11-13-5-3-6-14(17)9-13/h3-9,12H,10-11H2,1-2H3,(H,18,20)/t12-/m0/s1. The molecule has 0 radical (unpaired) electrons. The average molecular weight is 306 g/mol. The van der Waals surface area contributed by atoms with Crippen molar-refractivity contribution in [2.75, 3.05) is 7.05 Å². The van der Waals surface area contributed by atoms with E-state index in [0.29, 0.717) is 13.1 Å². The van der Waals surface area contributed by atoms with Gasteiger partial charge in [0.05, 0.1) is 12.6 Å². The Morgan fingerprint density at radius 2 is 2.19 bits per heavy atom. The van der Waals surface area contributed by atoms with Gasteiger partial charge in [-0.1, -0.05) is 18.2 Å². The van der Waals surface area contributed by atoms with Crippen LogP contribution in [0.4, 0.5) is 4.39 Å². The third-order valence-corrected chi connectivity index (χ3v) is 4.25. The van der Waals surface area contributed by atoms with Gasteiger partial charge < -0.3 is 5.32 Å². The minimum absolute atomic E-state index is 0.0256. The van der Waals surface area contributed by atoms with E-state index in [2.05, 4.69) is 5.32 Å². The number of benzene rings is 1. The molecule has 1 N–H and O–H groups in total. The molecule has 0 saturated carbocycles. The molecule has 0 spiro atoms. The molecular formula is C16H19FN2OS. The molecule has 1 atom stereocenters. The Bertz CT molecular complexity index is 586. The zero-order valence-corrected chi connectivity index (χ0v) is 13.0. The number of hydrogen-bond acceptors (Lipinski definition) is 3. The second-order valence-corrected chi connectivity index (χ2v) is 6.05. The molecule has 0 aliphatic heterocycles. The van der Waals surface area contributed by atoms with E-state index < -0.39 is 0 Å². The number of nitrogens with one attached hydrogen (secondary N) is 1. The van der Waals surface area contributed by atoms with Crippen LogP contribution in [-0.2, 0) is 17.9 Å². The van der Waals surface area contributed by atoms with Gasteiger partial charge in [-0.25, -0.2) is 4.39 Å². The molecule has 1 aromatic heterocycles. The lowest BCUT2D eigenvalue weighted by atomic mass is 10.2. The van der Waals surface area contributed by atoms with Gasteiger partial charge in [-0.2, -0.15) is 0 Å². The quantitative estimate of drug-likeness (QED) is 0.890. The summed E-state index contributed by atoms with van der Waals surface area (Å²) in [6.07, 6.45) is 0. The van der Waals surface area contributed by atoms with Gasteiger partial charge >= 0.3 is 0 Å². The molecule has 2 aromatic rings. The maximum atomic E-state index is 13.2. The van der Waals surface area contributed by atoms with Crippen molar-refractivity contribution < 1.29 is 9.18 Å². The van der Waals surface area contributed by atoms with Gasteiger partial charge in [-0.15, -0.1) is 11.3 Å². The van der Waals surface area contributed by atoms with Gasteiger partial charge in [0, 0.05) is 11.4 Å². The minimum atomic E-state index is -0.270. The molecule has 0 unspecified atom stereocenters. The zero-order chi connectivity index (χ0) is 15.2. The molecule has 0 bridgehead atoms. The number of carbonyl (C=O) groups is 1. The maximum absolute atomic E-state index is 13.2. The minimum Gasteiger partial charge on any atom is -0.350 e. The highest BCUT2D eigenvalue weighted by Crippen LogP contribution is 2.10. The molecule has 112 valence electrons. The smallest absolute Gasteiger partial charge is 0.237 e. The number of hydrogen-bond donors (Lipinski definition) is 1. The molecule has 1 heterocycles. The summed E-state index contributed by atoms with van der Waals surface area (Å²) >= 11 is 1.62. The summed E-state index contributed by atoms with van der Waals surface area (Å²) in [7, 11) is 1.86. The highest BCUT2D eigenvalue weighted by molar-refractivity contribution is 7.09. The number of halogens is 1. The van der Waals surface area contributed by atoms with E-state index in [4.69, 9.17) is 0 Å². The van der Waals surface area contributed by atoms with Crippen LogP contribution in [0, 0.1) is 5.82 Å². The van der Waals surface area contributed by atoms with Gasteiger partial charge in [0.15, 0.2) is 0 Å². The van der Waals surface area contributed by atoms with Gasteiger partial charge in [0.1, 0.15) is 5.82 Å². The van der Waals surface area contributed by atoms with Crippen molar-refractivity contribution in [1.29, 1.82) is 0 Å². The first kappa shape index (κ1) is 15.7. The summed E-state index contributed by atoms with van der Waals surface area (Å²) in [5, 5.41) is 4.91. The van der Waals surface area contributed by atoms with Crippen LogP contribution in [0.5, 0.6) is 0 Å².